The van der Waals surface area contributed by atoms with E-state index in [0.29, 0.717) is 0 Å². The van der Waals surface area contributed by atoms with Crippen molar-refractivity contribution in [3.63, 3.8) is 0 Å². The van der Waals surface area contributed by atoms with Crippen LogP contribution in [0.5, 0.6) is 0 Å². The van der Waals surface area contributed by atoms with Crippen LogP contribution in [0.1, 0.15) is 35.3 Å². The molecule has 0 aliphatic rings. The molecule has 2 rings (SSSR count). The number of anilines is 1. The molecule has 0 radical (unpaired) electrons. The number of halogens is 2. The molecular formula is C19H20F2N2O2. The zero-order chi connectivity index (χ0) is 18.4. The van der Waals surface area contributed by atoms with Gasteiger partial charge in [-0.15, -0.1) is 0 Å². The van der Waals surface area contributed by atoms with E-state index < -0.39 is 17.5 Å². The number of nitrogens with one attached hydrogen (secondary N) is 2. The Bertz CT molecular complexity index is 769. The first kappa shape index (κ1) is 18.6. The maximum Gasteiger partial charge on any atom is 0.251 e. The van der Waals surface area contributed by atoms with E-state index in [1.165, 1.54) is 0 Å². The highest BCUT2D eigenvalue weighted by molar-refractivity contribution is 5.99. The third-order valence-electron chi connectivity index (χ3n) is 3.85. The summed E-state index contributed by atoms with van der Waals surface area (Å²) < 4.78 is 26.0. The normalized spacial score (nSPS) is 10.4. The Balaban J connectivity index is 2.01. The predicted octanol–water partition coefficient (Wildman–Crippen LogP) is 3.46. The SMILES string of the molecule is CCc1cccc(CC)c1NC(=O)CNC(=O)c1ccc(F)c(F)c1. The maximum absolute atomic E-state index is 13.2. The van der Waals surface area contributed by atoms with Gasteiger partial charge in [0.25, 0.3) is 5.91 Å². The van der Waals surface area contributed by atoms with Crippen LogP contribution in [0.4, 0.5) is 14.5 Å². The molecule has 132 valence electrons. The predicted molar refractivity (Wildman–Crippen MR) is 92.5 cm³/mol. The van der Waals surface area contributed by atoms with E-state index in [-0.39, 0.29) is 18.0 Å². The number of carbonyl (C=O) groups is 2. The quantitative estimate of drug-likeness (QED) is 0.842. The second kappa shape index (κ2) is 8.37. The van der Waals surface area contributed by atoms with Crippen LogP contribution >= 0.6 is 0 Å². The zero-order valence-electron chi connectivity index (χ0n) is 14.2. The monoisotopic (exact) mass is 346 g/mol. The molecule has 0 fully saturated rings. The van der Waals surface area contributed by atoms with Crippen LogP contribution in [-0.4, -0.2) is 18.4 Å². The van der Waals surface area contributed by atoms with Crippen molar-refractivity contribution in [2.75, 3.05) is 11.9 Å². The Morgan fingerprint density at radius 2 is 1.60 bits per heavy atom. The first-order valence-corrected chi connectivity index (χ1v) is 8.10. The number of rotatable bonds is 6. The van der Waals surface area contributed by atoms with Gasteiger partial charge in [0.05, 0.1) is 6.54 Å². The van der Waals surface area contributed by atoms with Crippen molar-refractivity contribution >= 4 is 17.5 Å². The van der Waals surface area contributed by atoms with Crippen molar-refractivity contribution in [3.8, 4) is 0 Å². The lowest BCUT2D eigenvalue weighted by Crippen LogP contribution is -2.33. The third-order valence-corrected chi connectivity index (χ3v) is 3.85. The molecule has 2 aromatic carbocycles. The van der Waals surface area contributed by atoms with Gasteiger partial charge in [-0.3, -0.25) is 9.59 Å². The van der Waals surface area contributed by atoms with Crippen LogP contribution in [-0.2, 0) is 17.6 Å². The molecule has 4 nitrogen and oxygen atoms in total. The average Bonchev–Trinajstić information content (AvgIpc) is 2.62. The van der Waals surface area contributed by atoms with Crippen molar-refractivity contribution in [1.29, 1.82) is 0 Å². The molecule has 2 aromatic rings. The molecule has 0 saturated heterocycles. The molecule has 0 heterocycles. The number of amides is 2. The number of hydrogen-bond donors (Lipinski definition) is 2. The van der Waals surface area contributed by atoms with Gasteiger partial charge in [-0.25, -0.2) is 8.78 Å². The van der Waals surface area contributed by atoms with Gasteiger partial charge in [0.2, 0.25) is 5.91 Å². The van der Waals surface area contributed by atoms with Gasteiger partial charge in [0, 0.05) is 11.3 Å². The zero-order valence-corrected chi connectivity index (χ0v) is 14.2. The van der Waals surface area contributed by atoms with E-state index in [2.05, 4.69) is 10.6 Å². The van der Waals surface area contributed by atoms with Crippen LogP contribution in [0.15, 0.2) is 36.4 Å². The van der Waals surface area contributed by atoms with Gasteiger partial charge in [-0.2, -0.15) is 0 Å². The molecule has 2 N–H and O–H groups in total. The Hall–Kier alpha value is -2.76. The van der Waals surface area contributed by atoms with Crippen molar-refractivity contribution in [2.45, 2.75) is 26.7 Å². The minimum atomic E-state index is -1.11. The van der Waals surface area contributed by atoms with E-state index in [1.54, 1.807) is 0 Å². The Morgan fingerprint density at radius 1 is 0.960 bits per heavy atom. The van der Waals surface area contributed by atoms with E-state index in [9.17, 15) is 18.4 Å². The summed E-state index contributed by atoms with van der Waals surface area (Å²) in [5, 5.41) is 5.22. The molecule has 0 atom stereocenters. The fourth-order valence-corrected chi connectivity index (χ4v) is 2.49. The van der Waals surface area contributed by atoms with Crippen molar-refractivity contribution < 1.29 is 18.4 Å². The number of benzene rings is 2. The lowest BCUT2D eigenvalue weighted by atomic mass is 10.0. The first-order chi connectivity index (χ1) is 12.0. The summed E-state index contributed by atoms with van der Waals surface area (Å²) in [7, 11) is 0. The summed E-state index contributed by atoms with van der Waals surface area (Å²) in [5.74, 6) is -3.17. The Labute approximate surface area is 145 Å². The molecule has 0 aromatic heterocycles. The van der Waals surface area contributed by atoms with E-state index in [4.69, 9.17) is 0 Å². The van der Waals surface area contributed by atoms with Gasteiger partial charge < -0.3 is 10.6 Å². The van der Waals surface area contributed by atoms with Crippen LogP contribution in [0.2, 0.25) is 0 Å². The molecule has 2 amide bonds. The molecule has 25 heavy (non-hydrogen) atoms. The molecule has 0 aliphatic carbocycles. The largest absolute Gasteiger partial charge is 0.343 e. The van der Waals surface area contributed by atoms with E-state index >= 15 is 0 Å². The molecule has 0 saturated carbocycles. The topological polar surface area (TPSA) is 58.2 Å². The Kier molecular flexibility index (Phi) is 6.22. The number of hydrogen-bond acceptors (Lipinski definition) is 2. The highest BCUT2D eigenvalue weighted by atomic mass is 19.2. The second-order valence-electron chi connectivity index (χ2n) is 5.52. The highest BCUT2D eigenvalue weighted by Gasteiger charge is 2.13. The summed E-state index contributed by atoms with van der Waals surface area (Å²) >= 11 is 0. The highest BCUT2D eigenvalue weighted by Crippen LogP contribution is 2.22. The standard InChI is InChI=1S/C19H20F2N2O2/c1-3-12-6-5-7-13(4-2)18(12)23-17(24)11-22-19(25)14-8-9-15(20)16(21)10-14/h5-10H,3-4,11H2,1-2H3,(H,22,25)(H,23,24). The van der Waals surface area contributed by atoms with E-state index in [0.717, 1.165) is 47.9 Å². The minimum Gasteiger partial charge on any atom is -0.343 e. The summed E-state index contributed by atoms with van der Waals surface area (Å²) in [6.07, 6.45) is 1.54. The van der Waals surface area contributed by atoms with Crippen LogP contribution in [0.3, 0.4) is 0 Å². The van der Waals surface area contributed by atoms with Crippen LogP contribution in [0, 0.1) is 11.6 Å². The molecular weight excluding hydrogens is 326 g/mol. The van der Waals surface area contributed by atoms with Crippen LogP contribution in [0.25, 0.3) is 0 Å². The molecule has 0 aliphatic heterocycles. The lowest BCUT2D eigenvalue weighted by molar-refractivity contribution is -0.115. The number of para-hydroxylation sites is 1. The molecule has 0 bridgehead atoms. The summed E-state index contributed by atoms with van der Waals surface area (Å²) in [6, 6.07) is 8.65. The number of carbonyl (C=O) groups excluding carboxylic acids is 2. The summed E-state index contributed by atoms with van der Waals surface area (Å²) in [5.41, 5.74) is 2.74. The third kappa shape index (κ3) is 4.62. The summed E-state index contributed by atoms with van der Waals surface area (Å²) in [4.78, 5) is 24.1. The molecule has 0 spiro atoms. The summed E-state index contributed by atoms with van der Waals surface area (Å²) in [6.45, 7) is 3.73. The van der Waals surface area contributed by atoms with E-state index in [1.807, 2.05) is 32.0 Å². The van der Waals surface area contributed by atoms with Gasteiger partial charge in [0.1, 0.15) is 0 Å². The average molecular weight is 346 g/mol. The lowest BCUT2D eigenvalue weighted by Gasteiger charge is -2.14. The fraction of sp³-hybridized carbons (Fsp3) is 0.263. The minimum absolute atomic E-state index is 0.0464. The van der Waals surface area contributed by atoms with Crippen molar-refractivity contribution in [2.24, 2.45) is 0 Å². The first-order valence-electron chi connectivity index (χ1n) is 8.10. The van der Waals surface area contributed by atoms with Gasteiger partial charge in [-0.05, 0) is 42.2 Å². The Morgan fingerprint density at radius 3 is 2.16 bits per heavy atom. The molecule has 0 unspecified atom stereocenters. The van der Waals surface area contributed by atoms with Crippen LogP contribution < -0.4 is 10.6 Å². The maximum atomic E-state index is 13.2. The van der Waals surface area contributed by atoms with Crippen molar-refractivity contribution in [1.82, 2.24) is 5.32 Å². The second-order valence-corrected chi connectivity index (χ2v) is 5.52. The van der Waals surface area contributed by atoms with Gasteiger partial charge in [0.15, 0.2) is 11.6 Å². The fourth-order valence-electron chi connectivity index (χ4n) is 2.49. The van der Waals surface area contributed by atoms with Crippen molar-refractivity contribution in [3.05, 3.63) is 64.7 Å². The number of aryl methyl sites for hydroxylation is 2. The van der Waals surface area contributed by atoms with Gasteiger partial charge >= 0.3 is 0 Å². The smallest absolute Gasteiger partial charge is 0.251 e. The molecule has 6 heteroatoms. The van der Waals surface area contributed by atoms with Gasteiger partial charge in [-0.1, -0.05) is 32.0 Å².